The third-order valence-electron chi connectivity index (χ3n) is 5.02. The fourth-order valence-electron chi connectivity index (χ4n) is 4.02. The molecule has 1 fully saturated rings. The highest BCUT2D eigenvalue weighted by atomic mass is 35.5. The first-order valence-electron chi connectivity index (χ1n) is 8.24. The fourth-order valence-corrected chi connectivity index (χ4v) is 5.95. The number of hydrogen-bond donors (Lipinski definition) is 1. The van der Waals surface area contributed by atoms with E-state index in [2.05, 4.69) is 22.0 Å². The summed E-state index contributed by atoms with van der Waals surface area (Å²) < 4.78 is 28.3. The molecule has 7 heteroatoms. The van der Waals surface area contributed by atoms with Gasteiger partial charge in [0.2, 0.25) is 10.0 Å². The second-order valence-corrected chi connectivity index (χ2v) is 8.81. The molecule has 3 unspecified atom stereocenters. The van der Waals surface area contributed by atoms with Gasteiger partial charge in [-0.25, -0.2) is 8.42 Å². The number of halogens is 1. The summed E-state index contributed by atoms with van der Waals surface area (Å²) >= 11 is 5.91. The molecule has 3 atom stereocenters. The molecular weight excluding hydrogens is 358 g/mol. The summed E-state index contributed by atoms with van der Waals surface area (Å²) in [6.45, 7) is 1.83. The minimum Gasteiger partial charge on any atom is -0.282 e. The van der Waals surface area contributed by atoms with Crippen molar-refractivity contribution < 1.29 is 8.42 Å². The number of H-pyrrole nitrogens is 1. The molecule has 1 aromatic heterocycles. The summed E-state index contributed by atoms with van der Waals surface area (Å²) in [5, 5.41) is 7.68. The summed E-state index contributed by atoms with van der Waals surface area (Å²) in [6.07, 6.45) is 3.82. The second kappa shape index (κ2) is 6.17. The average molecular weight is 376 g/mol. The van der Waals surface area contributed by atoms with Crippen LogP contribution in [0.2, 0.25) is 5.02 Å². The van der Waals surface area contributed by atoms with Gasteiger partial charge in [-0.2, -0.15) is 9.40 Å². The Morgan fingerprint density at radius 1 is 1.28 bits per heavy atom. The molecule has 2 aliphatic heterocycles. The first-order chi connectivity index (χ1) is 12.0. The van der Waals surface area contributed by atoms with E-state index in [9.17, 15) is 8.42 Å². The number of nitrogens with zero attached hydrogens (tertiary/aromatic N) is 2. The largest absolute Gasteiger partial charge is 0.282 e. The van der Waals surface area contributed by atoms with E-state index < -0.39 is 10.0 Å². The Hall–Kier alpha value is -1.81. The molecule has 2 aliphatic rings. The molecule has 2 bridgehead atoms. The number of benzene rings is 1. The molecule has 1 N–H and O–H groups in total. The van der Waals surface area contributed by atoms with Gasteiger partial charge in [0.25, 0.3) is 0 Å². The highest BCUT2D eigenvalue weighted by Gasteiger charge is 2.47. The van der Waals surface area contributed by atoms with E-state index in [-0.39, 0.29) is 22.9 Å². The van der Waals surface area contributed by atoms with E-state index >= 15 is 0 Å². The molecule has 4 rings (SSSR count). The van der Waals surface area contributed by atoms with E-state index in [1.807, 2.05) is 6.92 Å². The van der Waals surface area contributed by atoms with Gasteiger partial charge >= 0.3 is 0 Å². The van der Waals surface area contributed by atoms with Crippen LogP contribution < -0.4 is 0 Å². The molecule has 0 saturated carbocycles. The van der Waals surface area contributed by atoms with Gasteiger partial charge in [0.15, 0.2) is 0 Å². The van der Waals surface area contributed by atoms with E-state index in [4.69, 9.17) is 11.6 Å². The Bertz CT molecular complexity index is 956. The number of hydrogen-bond acceptors (Lipinski definition) is 3. The monoisotopic (exact) mass is 375 g/mol. The number of sulfonamides is 1. The molecule has 1 saturated heterocycles. The molecule has 3 heterocycles. The molecule has 2 aromatic rings. The first-order valence-corrected chi connectivity index (χ1v) is 10.1. The maximum absolute atomic E-state index is 13.3. The Labute approximate surface area is 152 Å². The van der Waals surface area contributed by atoms with Crippen LogP contribution >= 0.6 is 11.6 Å². The van der Waals surface area contributed by atoms with Crippen molar-refractivity contribution in [2.75, 3.05) is 0 Å². The smallest absolute Gasteiger partial charge is 0.243 e. The van der Waals surface area contributed by atoms with Crippen molar-refractivity contribution in [2.45, 2.75) is 43.2 Å². The highest BCUT2D eigenvalue weighted by Crippen LogP contribution is 2.46. The number of piperidine rings is 1. The van der Waals surface area contributed by atoms with Gasteiger partial charge in [-0.15, -0.1) is 11.8 Å². The van der Waals surface area contributed by atoms with E-state index in [1.54, 1.807) is 34.8 Å². The second-order valence-electron chi connectivity index (χ2n) is 6.53. The van der Waals surface area contributed by atoms with Gasteiger partial charge in [0.05, 0.1) is 17.1 Å². The Morgan fingerprint density at radius 2 is 2.04 bits per heavy atom. The Balaban J connectivity index is 1.79. The lowest BCUT2D eigenvalue weighted by Crippen LogP contribution is -2.51. The predicted octanol–water partition coefficient (Wildman–Crippen LogP) is 3.15. The maximum Gasteiger partial charge on any atom is 0.243 e. The normalized spacial score (nSPS) is 25.8. The van der Waals surface area contributed by atoms with Gasteiger partial charge in [0, 0.05) is 34.7 Å². The van der Waals surface area contributed by atoms with Crippen LogP contribution in [0.4, 0.5) is 0 Å². The minimum atomic E-state index is -3.61. The van der Waals surface area contributed by atoms with Crippen LogP contribution in [0, 0.1) is 17.8 Å². The first kappa shape index (κ1) is 16.6. The SMILES string of the molecule is CC#CC1CC2Cc3[nH]ncc3C(C1)N2S(=O)(=O)c1ccc(Cl)cc1. The zero-order valence-corrected chi connectivity index (χ0v) is 15.3. The van der Waals surface area contributed by atoms with Gasteiger partial charge in [0.1, 0.15) is 0 Å². The van der Waals surface area contributed by atoms with Crippen molar-refractivity contribution in [1.82, 2.24) is 14.5 Å². The lowest BCUT2D eigenvalue weighted by Gasteiger charge is -2.46. The molecule has 25 heavy (non-hydrogen) atoms. The quantitative estimate of drug-likeness (QED) is 0.820. The number of aromatic amines is 1. The van der Waals surface area contributed by atoms with Crippen molar-refractivity contribution in [3.05, 3.63) is 46.7 Å². The van der Waals surface area contributed by atoms with Crippen molar-refractivity contribution in [3.63, 3.8) is 0 Å². The van der Waals surface area contributed by atoms with Crippen LogP contribution in [-0.4, -0.2) is 29.0 Å². The molecule has 0 aliphatic carbocycles. The predicted molar refractivity (Wildman–Crippen MR) is 95.5 cm³/mol. The maximum atomic E-state index is 13.3. The van der Waals surface area contributed by atoms with Crippen molar-refractivity contribution in [1.29, 1.82) is 0 Å². The summed E-state index contributed by atoms with van der Waals surface area (Å²) in [6, 6.07) is 6.03. The molecule has 0 radical (unpaired) electrons. The van der Waals surface area contributed by atoms with E-state index in [1.165, 1.54) is 0 Å². The highest BCUT2D eigenvalue weighted by molar-refractivity contribution is 7.89. The zero-order valence-electron chi connectivity index (χ0n) is 13.7. The summed E-state index contributed by atoms with van der Waals surface area (Å²) in [4.78, 5) is 0.277. The van der Waals surface area contributed by atoms with Gasteiger partial charge in [-0.1, -0.05) is 11.6 Å². The minimum absolute atomic E-state index is 0.113. The van der Waals surface area contributed by atoms with Crippen molar-refractivity contribution >= 4 is 21.6 Å². The van der Waals surface area contributed by atoms with Gasteiger partial charge in [-0.3, -0.25) is 5.10 Å². The Morgan fingerprint density at radius 3 is 2.76 bits per heavy atom. The third kappa shape index (κ3) is 2.77. The standard InChI is InChI=1S/C18H18ClN3O2S/c1-2-3-12-8-14-10-17-16(11-20-21-17)18(9-12)22(14)25(23,24)15-6-4-13(19)5-7-15/h4-7,11-12,14,18H,8-10H2,1H3,(H,20,21). The summed E-state index contributed by atoms with van der Waals surface area (Å²) in [5.74, 6) is 6.42. The lowest BCUT2D eigenvalue weighted by molar-refractivity contribution is 0.139. The van der Waals surface area contributed by atoms with Crippen LogP contribution in [0.1, 0.15) is 37.1 Å². The molecule has 130 valence electrons. The van der Waals surface area contributed by atoms with Gasteiger partial charge < -0.3 is 0 Å². The van der Waals surface area contributed by atoms with Crippen LogP contribution in [-0.2, 0) is 16.4 Å². The number of aromatic nitrogens is 2. The molecule has 1 aromatic carbocycles. The molecule has 0 spiro atoms. The van der Waals surface area contributed by atoms with Crippen molar-refractivity contribution in [3.8, 4) is 11.8 Å². The van der Waals surface area contributed by atoms with E-state index in [0.29, 0.717) is 17.9 Å². The summed E-state index contributed by atoms with van der Waals surface area (Å²) in [5.41, 5.74) is 2.01. The lowest BCUT2D eigenvalue weighted by atomic mass is 9.79. The number of nitrogens with one attached hydrogen (secondary N) is 1. The van der Waals surface area contributed by atoms with Gasteiger partial charge in [-0.05, 0) is 44.0 Å². The fraction of sp³-hybridized carbons (Fsp3) is 0.389. The number of fused-ring (bicyclic) bond motifs is 4. The Kier molecular flexibility index (Phi) is 4.11. The molecular formula is C18H18ClN3O2S. The topological polar surface area (TPSA) is 66.1 Å². The van der Waals surface area contributed by atoms with Crippen LogP contribution in [0.25, 0.3) is 0 Å². The molecule has 0 amide bonds. The molecule has 5 nitrogen and oxygen atoms in total. The average Bonchev–Trinajstić information content (AvgIpc) is 3.03. The van der Waals surface area contributed by atoms with Crippen molar-refractivity contribution in [2.24, 2.45) is 5.92 Å². The number of rotatable bonds is 2. The van der Waals surface area contributed by atoms with Crippen LogP contribution in [0.5, 0.6) is 0 Å². The zero-order chi connectivity index (χ0) is 17.6. The summed E-state index contributed by atoms with van der Waals surface area (Å²) in [7, 11) is -3.61. The van der Waals surface area contributed by atoms with Crippen LogP contribution in [0.15, 0.2) is 35.4 Å². The van der Waals surface area contributed by atoms with E-state index in [0.717, 1.165) is 17.7 Å². The van der Waals surface area contributed by atoms with Crippen LogP contribution in [0.3, 0.4) is 0 Å². The third-order valence-corrected chi connectivity index (χ3v) is 7.25.